The predicted molar refractivity (Wildman–Crippen MR) is 140 cm³/mol. The third-order valence-electron chi connectivity index (χ3n) is 6.89. The van der Waals surface area contributed by atoms with Gasteiger partial charge in [-0.05, 0) is 45.9 Å². The number of aromatic nitrogens is 4. The second-order valence-corrected chi connectivity index (χ2v) is 11.3. The van der Waals surface area contributed by atoms with Crippen molar-refractivity contribution in [2.45, 2.75) is 33.3 Å². The summed E-state index contributed by atoms with van der Waals surface area (Å²) in [6, 6.07) is 6.71. The molecular formula is C27H28FN7O3. The number of nitrogens with zero attached hydrogens (tertiary/aromatic N) is 6. The molecule has 38 heavy (non-hydrogen) atoms. The summed E-state index contributed by atoms with van der Waals surface area (Å²) in [6.07, 6.45) is 4.64. The van der Waals surface area contributed by atoms with Crippen molar-refractivity contribution in [1.29, 1.82) is 0 Å². The molecule has 0 atom stereocenters. The van der Waals surface area contributed by atoms with Crippen LogP contribution in [0.3, 0.4) is 0 Å². The number of rotatable bonds is 3. The molecule has 0 radical (unpaired) electrons. The van der Waals surface area contributed by atoms with Crippen molar-refractivity contribution >= 4 is 39.9 Å². The first-order valence-electron chi connectivity index (χ1n) is 12.4. The molecule has 4 aromatic rings. The average molecular weight is 518 g/mol. The molecule has 0 unspecified atom stereocenters. The zero-order valence-electron chi connectivity index (χ0n) is 21.7. The lowest BCUT2D eigenvalue weighted by atomic mass is 9.72. The highest BCUT2D eigenvalue weighted by Crippen LogP contribution is 2.44. The number of anilines is 2. The van der Waals surface area contributed by atoms with Crippen LogP contribution in [-0.2, 0) is 4.74 Å². The SMILES string of the molecule is Cc1cn2cc(NC(=O)c3ccc(N4CC5(CN(C(=O)OC(C)(C)C)C5)C4)c4ccnnc34)cc(F)c2n1. The van der Waals surface area contributed by atoms with Gasteiger partial charge in [-0.25, -0.2) is 14.2 Å². The quantitative estimate of drug-likeness (QED) is 0.437. The molecule has 2 saturated heterocycles. The number of nitrogens with one attached hydrogen (secondary N) is 1. The maximum absolute atomic E-state index is 14.5. The van der Waals surface area contributed by atoms with Crippen LogP contribution in [0, 0.1) is 18.2 Å². The minimum Gasteiger partial charge on any atom is -0.444 e. The van der Waals surface area contributed by atoms with E-state index in [1.807, 2.05) is 32.9 Å². The molecule has 0 aliphatic carbocycles. The summed E-state index contributed by atoms with van der Waals surface area (Å²) >= 11 is 0. The number of carbonyl (C=O) groups excluding carboxylic acids is 2. The molecule has 0 bridgehead atoms. The monoisotopic (exact) mass is 517 g/mol. The Balaban J connectivity index is 1.19. The van der Waals surface area contributed by atoms with Gasteiger partial charge in [0.15, 0.2) is 11.5 Å². The molecule has 196 valence electrons. The zero-order valence-corrected chi connectivity index (χ0v) is 21.7. The van der Waals surface area contributed by atoms with Gasteiger partial charge in [-0.3, -0.25) is 4.79 Å². The van der Waals surface area contributed by atoms with Crippen molar-refractivity contribution in [2.75, 3.05) is 36.4 Å². The van der Waals surface area contributed by atoms with Crippen LogP contribution in [0.25, 0.3) is 16.6 Å². The van der Waals surface area contributed by atoms with Crippen molar-refractivity contribution in [2.24, 2.45) is 5.41 Å². The Bertz CT molecular complexity index is 1600. The number of imidazole rings is 1. The number of likely N-dealkylation sites (tertiary alicyclic amines) is 1. The molecule has 3 aromatic heterocycles. The number of halogens is 1. The Hall–Kier alpha value is -4.28. The van der Waals surface area contributed by atoms with E-state index in [2.05, 4.69) is 25.4 Å². The summed E-state index contributed by atoms with van der Waals surface area (Å²) in [4.78, 5) is 33.6. The van der Waals surface area contributed by atoms with Crippen molar-refractivity contribution in [3.63, 3.8) is 0 Å². The summed E-state index contributed by atoms with van der Waals surface area (Å²) in [6.45, 7) is 10.3. The first-order chi connectivity index (χ1) is 18.0. The molecule has 2 aliphatic heterocycles. The van der Waals surface area contributed by atoms with Crippen LogP contribution in [0.1, 0.15) is 36.8 Å². The number of ether oxygens (including phenoxy) is 1. The highest BCUT2D eigenvalue weighted by Gasteiger charge is 2.54. The van der Waals surface area contributed by atoms with Gasteiger partial charge in [0.1, 0.15) is 11.1 Å². The molecular weight excluding hydrogens is 489 g/mol. The topological polar surface area (TPSA) is 105 Å². The summed E-state index contributed by atoms with van der Waals surface area (Å²) in [7, 11) is 0. The largest absolute Gasteiger partial charge is 0.444 e. The van der Waals surface area contributed by atoms with E-state index in [4.69, 9.17) is 4.74 Å². The van der Waals surface area contributed by atoms with E-state index in [9.17, 15) is 14.0 Å². The molecule has 1 spiro atoms. The fourth-order valence-corrected chi connectivity index (χ4v) is 5.33. The highest BCUT2D eigenvalue weighted by atomic mass is 19.1. The summed E-state index contributed by atoms with van der Waals surface area (Å²) in [5.74, 6) is -0.937. The van der Waals surface area contributed by atoms with E-state index in [1.54, 1.807) is 40.9 Å². The average Bonchev–Trinajstić information content (AvgIpc) is 3.16. The molecule has 6 rings (SSSR count). The van der Waals surface area contributed by atoms with E-state index in [1.165, 1.54) is 6.07 Å². The number of fused-ring (bicyclic) bond motifs is 2. The van der Waals surface area contributed by atoms with Gasteiger partial charge in [0, 0.05) is 61.1 Å². The molecule has 2 aliphatic rings. The van der Waals surface area contributed by atoms with Crippen molar-refractivity contribution in [1.82, 2.24) is 24.5 Å². The third kappa shape index (κ3) is 4.17. The van der Waals surface area contributed by atoms with Crippen molar-refractivity contribution < 1.29 is 18.7 Å². The lowest BCUT2D eigenvalue weighted by Crippen LogP contribution is -2.73. The van der Waals surface area contributed by atoms with Crippen LogP contribution in [0.4, 0.5) is 20.6 Å². The second kappa shape index (κ2) is 8.37. The molecule has 1 aromatic carbocycles. The van der Waals surface area contributed by atoms with Gasteiger partial charge in [0.2, 0.25) is 0 Å². The molecule has 1 N–H and O–H groups in total. The Morgan fingerprint density at radius 3 is 2.61 bits per heavy atom. The molecule has 2 amide bonds. The molecule has 0 saturated carbocycles. The lowest BCUT2D eigenvalue weighted by molar-refractivity contribution is -0.0452. The first kappa shape index (κ1) is 24.1. The number of aryl methyl sites for hydroxylation is 1. The Labute approximate surface area is 218 Å². The summed E-state index contributed by atoms with van der Waals surface area (Å²) in [5, 5.41) is 11.8. The fourth-order valence-electron chi connectivity index (χ4n) is 5.33. The van der Waals surface area contributed by atoms with Gasteiger partial charge in [-0.15, -0.1) is 5.10 Å². The van der Waals surface area contributed by atoms with Crippen LogP contribution < -0.4 is 10.2 Å². The number of carbonyl (C=O) groups is 2. The van der Waals surface area contributed by atoms with E-state index in [0.29, 0.717) is 35.6 Å². The lowest BCUT2D eigenvalue weighted by Gasteiger charge is -2.60. The fraction of sp³-hybridized carbons (Fsp3) is 0.370. The minimum atomic E-state index is -0.524. The molecule has 5 heterocycles. The number of hydrogen-bond donors (Lipinski definition) is 1. The Morgan fingerprint density at radius 2 is 1.87 bits per heavy atom. The maximum Gasteiger partial charge on any atom is 0.410 e. The maximum atomic E-state index is 14.5. The van der Waals surface area contributed by atoms with E-state index in [0.717, 1.165) is 24.2 Å². The first-order valence-corrected chi connectivity index (χ1v) is 12.4. The number of benzene rings is 1. The molecule has 11 heteroatoms. The van der Waals surface area contributed by atoms with Gasteiger partial charge in [0.05, 0.1) is 23.1 Å². The van der Waals surface area contributed by atoms with Crippen LogP contribution in [-0.4, -0.2) is 68.3 Å². The van der Waals surface area contributed by atoms with Gasteiger partial charge in [0.25, 0.3) is 5.91 Å². The molecule has 10 nitrogen and oxygen atoms in total. The Kier molecular flexibility index (Phi) is 5.30. The second-order valence-electron chi connectivity index (χ2n) is 11.3. The normalized spacial score (nSPS) is 16.4. The van der Waals surface area contributed by atoms with Gasteiger partial charge in [-0.2, -0.15) is 5.10 Å². The predicted octanol–water partition coefficient (Wildman–Crippen LogP) is 4.03. The number of amides is 2. The van der Waals surface area contributed by atoms with Crippen molar-refractivity contribution in [3.8, 4) is 0 Å². The molecule has 2 fully saturated rings. The third-order valence-corrected chi connectivity index (χ3v) is 6.89. The van der Waals surface area contributed by atoms with Crippen LogP contribution >= 0.6 is 0 Å². The minimum absolute atomic E-state index is 0.0497. The number of hydrogen-bond acceptors (Lipinski definition) is 7. The van der Waals surface area contributed by atoms with Crippen LogP contribution in [0.2, 0.25) is 0 Å². The van der Waals surface area contributed by atoms with Gasteiger partial charge >= 0.3 is 6.09 Å². The van der Waals surface area contributed by atoms with Gasteiger partial charge < -0.3 is 24.3 Å². The Morgan fingerprint density at radius 1 is 1.11 bits per heavy atom. The van der Waals surface area contributed by atoms with Crippen LogP contribution in [0.15, 0.2) is 42.9 Å². The summed E-state index contributed by atoms with van der Waals surface area (Å²) in [5.41, 5.74) is 2.48. The van der Waals surface area contributed by atoms with Crippen molar-refractivity contribution in [3.05, 3.63) is 59.9 Å². The standard InChI is InChI=1S/C27H28FN7O3/c1-16-10-33-11-17(9-20(28)23(33)30-16)31-24(36)19-5-6-21(18-7-8-29-32-22(18)19)34-12-27(13-34)14-35(15-27)25(37)38-26(2,3)4/h5-11H,12-15H2,1-4H3,(H,31,36). The smallest absolute Gasteiger partial charge is 0.410 e. The number of pyridine rings is 1. The highest BCUT2D eigenvalue weighted by molar-refractivity contribution is 6.13. The van der Waals surface area contributed by atoms with Crippen LogP contribution in [0.5, 0.6) is 0 Å². The van der Waals surface area contributed by atoms with E-state index in [-0.39, 0.29) is 17.2 Å². The summed E-state index contributed by atoms with van der Waals surface area (Å²) < 4.78 is 21.5. The van der Waals surface area contributed by atoms with Gasteiger partial charge in [-0.1, -0.05) is 0 Å². The van der Waals surface area contributed by atoms with E-state index < -0.39 is 17.3 Å². The van der Waals surface area contributed by atoms with E-state index >= 15 is 0 Å². The zero-order chi connectivity index (χ0) is 26.8.